The van der Waals surface area contributed by atoms with Crippen molar-refractivity contribution in [1.82, 2.24) is 15.2 Å². The summed E-state index contributed by atoms with van der Waals surface area (Å²) in [4.78, 5) is 15.0. The zero-order chi connectivity index (χ0) is 16.9. The van der Waals surface area contributed by atoms with Crippen molar-refractivity contribution in [1.29, 1.82) is 0 Å². The first-order valence-corrected chi connectivity index (χ1v) is 7.22. The summed E-state index contributed by atoms with van der Waals surface area (Å²) in [5, 5.41) is 11.0. The summed E-state index contributed by atoms with van der Waals surface area (Å²) in [6.45, 7) is 0. The standard InChI is InChI=1S/C17H16N4O3/c1-23-12-9-7-11(8-10-12)15-16(22)19-17(21-20-15)18-13-5-3-4-6-14(13)24-2/h3-10H,1-2H3,(H2,18,19,21,22). The molecule has 0 fully saturated rings. The molecule has 1 aromatic heterocycles. The van der Waals surface area contributed by atoms with Crippen LogP contribution in [-0.2, 0) is 0 Å². The lowest BCUT2D eigenvalue weighted by Crippen LogP contribution is -2.15. The molecule has 0 spiro atoms. The van der Waals surface area contributed by atoms with Crippen molar-refractivity contribution in [2.45, 2.75) is 0 Å². The molecule has 122 valence electrons. The Morgan fingerprint density at radius 1 is 0.958 bits per heavy atom. The molecule has 0 atom stereocenters. The Bertz CT molecular complexity index is 891. The minimum Gasteiger partial charge on any atom is -0.497 e. The maximum Gasteiger partial charge on any atom is 0.279 e. The lowest BCUT2D eigenvalue weighted by atomic mass is 10.1. The molecule has 0 saturated heterocycles. The molecular weight excluding hydrogens is 308 g/mol. The van der Waals surface area contributed by atoms with Crippen LogP contribution in [0.15, 0.2) is 53.3 Å². The van der Waals surface area contributed by atoms with Crippen LogP contribution >= 0.6 is 0 Å². The molecule has 0 aliphatic heterocycles. The Morgan fingerprint density at radius 2 is 1.71 bits per heavy atom. The van der Waals surface area contributed by atoms with Crippen LogP contribution in [0.2, 0.25) is 0 Å². The van der Waals surface area contributed by atoms with Gasteiger partial charge in [-0.25, -0.2) is 0 Å². The fraction of sp³-hybridized carbons (Fsp3) is 0.118. The minimum atomic E-state index is -0.340. The lowest BCUT2D eigenvalue weighted by Gasteiger charge is -2.09. The highest BCUT2D eigenvalue weighted by Gasteiger charge is 2.09. The quantitative estimate of drug-likeness (QED) is 0.750. The number of nitrogens with zero attached hydrogens (tertiary/aromatic N) is 2. The largest absolute Gasteiger partial charge is 0.497 e. The summed E-state index contributed by atoms with van der Waals surface area (Å²) >= 11 is 0. The molecular formula is C17H16N4O3. The van der Waals surface area contributed by atoms with Crippen LogP contribution in [0, 0.1) is 0 Å². The van der Waals surface area contributed by atoms with Crippen LogP contribution in [-0.4, -0.2) is 29.4 Å². The van der Waals surface area contributed by atoms with Crippen molar-refractivity contribution in [3.8, 4) is 22.8 Å². The topological polar surface area (TPSA) is 89.1 Å². The lowest BCUT2D eigenvalue weighted by molar-refractivity contribution is 0.415. The van der Waals surface area contributed by atoms with E-state index in [2.05, 4.69) is 20.5 Å². The Morgan fingerprint density at radius 3 is 2.38 bits per heavy atom. The van der Waals surface area contributed by atoms with Crippen molar-refractivity contribution in [3.63, 3.8) is 0 Å². The number of ether oxygens (including phenoxy) is 2. The van der Waals surface area contributed by atoms with E-state index in [1.807, 2.05) is 18.2 Å². The molecule has 0 saturated carbocycles. The molecule has 0 aliphatic carbocycles. The first-order chi connectivity index (χ1) is 11.7. The van der Waals surface area contributed by atoms with Crippen LogP contribution < -0.4 is 20.3 Å². The molecule has 3 rings (SSSR count). The predicted molar refractivity (Wildman–Crippen MR) is 90.9 cm³/mol. The van der Waals surface area contributed by atoms with E-state index >= 15 is 0 Å². The number of rotatable bonds is 5. The molecule has 2 N–H and O–H groups in total. The van der Waals surface area contributed by atoms with E-state index in [-0.39, 0.29) is 17.2 Å². The van der Waals surface area contributed by atoms with Crippen LogP contribution in [0.5, 0.6) is 11.5 Å². The molecule has 0 bridgehead atoms. The number of benzene rings is 2. The number of anilines is 2. The molecule has 7 nitrogen and oxygen atoms in total. The highest BCUT2D eigenvalue weighted by atomic mass is 16.5. The van der Waals surface area contributed by atoms with Crippen molar-refractivity contribution < 1.29 is 9.47 Å². The average molecular weight is 324 g/mol. The second kappa shape index (κ2) is 6.82. The van der Waals surface area contributed by atoms with Gasteiger partial charge in [-0.2, -0.15) is 0 Å². The Balaban J connectivity index is 1.88. The van der Waals surface area contributed by atoms with E-state index in [9.17, 15) is 4.79 Å². The van der Waals surface area contributed by atoms with E-state index in [1.54, 1.807) is 44.6 Å². The van der Waals surface area contributed by atoms with Gasteiger partial charge in [-0.1, -0.05) is 12.1 Å². The second-order valence-electron chi connectivity index (χ2n) is 4.91. The van der Waals surface area contributed by atoms with Gasteiger partial charge in [-0.15, -0.1) is 10.2 Å². The molecule has 0 unspecified atom stereocenters. The SMILES string of the molecule is COc1ccc(-c2nnc(Nc3ccccc3OC)[nH]c2=O)cc1. The fourth-order valence-corrected chi connectivity index (χ4v) is 2.21. The molecule has 0 amide bonds. The Kier molecular flexibility index (Phi) is 4.42. The number of aromatic nitrogens is 3. The normalized spacial score (nSPS) is 10.2. The van der Waals surface area contributed by atoms with Gasteiger partial charge < -0.3 is 14.8 Å². The maximum absolute atomic E-state index is 12.3. The third-order valence-corrected chi connectivity index (χ3v) is 3.42. The number of nitrogens with one attached hydrogen (secondary N) is 2. The van der Waals surface area contributed by atoms with Gasteiger partial charge in [0.15, 0.2) is 5.69 Å². The van der Waals surface area contributed by atoms with Crippen LogP contribution in [0.1, 0.15) is 0 Å². The van der Waals surface area contributed by atoms with Gasteiger partial charge in [0, 0.05) is 5.56 Å². The van der Waals surface area contributed by atoms with Gasteiger partial charge in [0.05, 0.1) is 19.9 Å². The van der Waals surface area contributed by atoms with E-state index in [0.717, 1.165) is 0 Å². The van der Waals surface area contributed by atoms with Gasteiger partial charge in [0.2, 0.25) is 5.95 Å². The smallest absolute Gasteiger partial charge is 0.279 e. The molecule has 1 heterocycles. The number of aromatic amines is 1. The van der Waals surface area contributed by atoms with Crippen LogP contribution in [0.25, 0.3) is 11.3 Å². The van der Waals surface area contributed by atoms with Crippen molar-refractivity contribution in [2.75, 3.05) is 19.5 Å². The summed E-state index contributed by atoms with van der Waals surface area (Å²) in [5.41, 5.74) is 1.24. The second-order valence-corrected chi connectivity index (χ2v) is 4.91. The van der Waals surface area contributed by atoms with Crippen LogP contribution in [0.4, 0.5) is 11.6 Å². The highest BCUT2D eigenvalue weighted by Crippen LogP contribution is 2.25. The average Bonchev–Trinajstić information content (AvgIpc) is 2.62. The zero-order valence-electron chi connectivity index (χ0n) is 13.2. The van der Waals surface area contributed by atoms with E-state index in [0.29, 0.717) is 22.7 Å². The summed E-state index contributed by atoms with van der Waals surface area (Å²) in [7, 11) is 3.15. The summed E-state index contributed by atoms with van der Waals surface area (Å²) in [6.07, 6.45) is 0. The van der Waals surface area contributed by atoms with Crippen molar-refractivity contribution in [2.24, 2.45) is 0 Å². The van der Waals surface area contributed by atoms with Crippen molar-refractivity contribution >= 4 is 11.6 Å². The monoisotopic (exact) mass is 324 g/mol. The summed E-state index contributed by atoms with van der Waals surface area (Å²) in [5.74, 6) is 1.58. The third kappa shape index (κ3) is 3.19. The first-order valence-electron chi connectivity index (χ1n) is 7.22. The number of hydrogen-bond donors (Lipinski definition) is 2. The van der Waals surface area contributed by atoms with Crippen LogP contribution in [0.3, 0.4) is 0 Å². The van der Waals surface area contributed by atoms with Gasteiger partial charge >= 0.3 is 0 Å². The van der Waals surface area contributed by atoms with E-state index in [4.69, 9.17) is 9.47 Å². The molecule has 24 heavy (non-hydrogen) atoms. The van der Waals surface area contributed by atoms with E-state index < -0.39 is 0 Å². The number of H-pyrrole nitrogens is 1. The first kappa shape index (κ1) is 15.5. The van der Waals surface area contributed by atoms with Gasteiger partial charge in [0.25, 0.3) is 5.56 Å². The molecule has 3 aromatic rings. The predicted octanol–water partition coefficient (Wildman–Crippen LogP) is 2.59. The molecule has 2 aromatic carbocycles. The fourth-order valence-electron chi connectivity index (χ4n) is 2.21. The Labute approximate surface area is 138 Å². The van der Waals surface area contributed by atoms with Gasteiger partial charge in [0.1, 0.15) is 11.5 Å². The van der Waals surface area contributed by atoms with Gasteiger partial charge in [-0.05, 0) is 36.4 Å². The summed E-state index contributed by atoms with van der Waals surface area (Å²) < 4.78 is 10.3. The zero-order valence-corrected chi connectivity index (χ0v) is 13.2. The van der Waals surface area contributed by atoms with Crippen molar-refractivity contribution in [3.05, 3.63) is 58.9 Å². The number of methoxy groups -OCH3 is 2. The number of para-hydroxylation sites is 2. The molecule has 7 heteroatoms. The molecule has 0 aliphatic rings. The summed E-state index contributed by atoms with van der Waals surface area (Å²) in [6, 6.07) is 14.4. The van der Waals surface area contributed by atoms with Gasteiger partial charge in [-0.3, -0.25) is 9.78 Å². The Hall–Kier alpha value is -3.35. The van der Waals surface area contributed by atoms with E-state index in [1.165, 1.54) is 0 Å². The minimum absolute atomic E-state index is 0.238. The highest BCUT2D eigenvalue weighted by molar-refractivity contribution is 5.63. The maximum atomic E-state index is 12.3. The molecule has 0 radical (unpaired) electrons. The third-order valence-electron chi connectivity index (χ3n) is 3.42. The number of hydrogen-bond acceptors (Lipinski definition) is 6.